The first-order chi connectivity index (χ1) is 5.26. The smallest absolute Gasteiger partial charge is 0.172 e. The van der Waals surface area contributed by atoms with Gasteiger partial charge in [0.15, 0.2) is 6.29 Å². The van der Waals surface area contributed by atoms with Crippen LogP contribution < -0.4 is 5.73 Å². The zero-order valence-electron chi connectivity index (χ0n) is 7.67. The summed E-state index contributed by atoms with van der Waals surface area (Å²) < 4.78 is 10.6. The van der Waals surface area contributed by atoms with Gasteiger partial charge in [-0.15, -0.1) is 0 Å². The Hall–Kier alpha value is -0.120. The van der Waals surface area contributed by atoms with Gasteiger partial charge >= 0.3 is 0 Å². The molecule has 1 atom stereocenters. The third-order valence-corrected chi connectivity index (χ3v) is 1.48. The molecule has 0 bridgehead atoms. The normalized spacial score (nSPS) is 13.9. The maximum absolute atomic E-state index is 5.74. The molecule has 0 saturated carbocycles. The molecule has 0 saturated heterocycles. The molecule has 0 spiro atoms. The summed E-state index contributed by atoms with van der Waals surface area (Å²) in [7, 11) is 0. The molecule has 0 aromatic rings. The van der Waals surface area contributed by atoms with Gasteiger partial charge in [0.25, 0.3) is 0 Å². The monoisotopic (exact) mass is 161 g/mol. The van der Waals surface area contributed by atoms with Gasteiger partial charge in [-0.3, -0.25) is 0 Å². The van der Waals surface area contributed by atoms with Gasteiger partial charge in [-0.25, -0.2) is 0 Å². The van der Waals surface area contributed by atoms with Crippen LogP contribution in [0.3, 0.4) is 0 Å². The van der Waals surface area contributed by atoms with Crippen molar-refractivity contribution in [3.05, 3.63) is 0 Å². The molecule has 0 amide bonds. The standard InChI is InChI=1S/C8H19NO2/c1-4-7(9)8(10-5-2)11-6-3/h7-8H,4-6,9H2,1-3H3/t7-/m0/s1. The van der Waals surface area contributed by atoms with Crippen molar-refractivity contribution in [1.82, 2.24) is 0 Å². The van der Waals surface area contributed by atoms with Crippen LogP contribution in [0.5, 0.6) is 0 Å². The molecule has 0 aromatic carbocycles. The lowest BCUT2D eigenvalue weighted by atomic mass is 10.2. The van der Waals surface area contributed by atoms with E-state index in [1.807, 2.05) is 20.8 Å². The summed E-state index contributed by atoms with van der Waals surface area (Å²) in [5, 5.41) is 0. The summed E-state index contributed by atoms with van der Waals surface area (Å²) in [6.07, 6.45) is 0.653. The van der Waals surface area contributed by atoms with Crippen molar-refractivity contribution in [3.8, 4) is 0 Å². The molecule has 68 valence electrons. The molecule has 0 fully saturated rings. The van der Waals surface area contributed by atoms with Crippen LogP contribution in [0, 0.1) is 0 Å². The molecular formula is C8H19NO2. The predicted octanol–water partition coefficient (Wildman–Crippen LogP) is 1.12. The van der Waals surface area contributed by atoms with Crippen molar-refractivity contribution >= 4 is 0 Å². The van der Waals surface area contributed by atoms with Crippen molar-refractivity contribution in [3.63, 3.8) is 0 Å². The lowest BCUT2D eigenvalue weighted by Gasteiger charge is -2.21. The summed E-state index contributed by atoms with van der Waals surface area (Å²) in [6.45, 7) is 7.20. The fourth-order valence-corrected chi connectivity index (χ4v) is 0.816. The lowest BCUT2D eigenvalue weighted by molar-refractivity contribution is -0.148. The van der Waals surface area contributed by atoms with Crippen LogP contribution in [0.2, 0.25) is 0 Å². The second-order valence-corrected chi connectivity index (χ2v) is 2.35. The van der Waals surface area contributed by atoms with E-state index in [4.69, 9.17) is 15.2 Å². The van der Waals surface area contributed by atoms with E-state index in [1.54, 1.807) is 0 Å². The maximum atomic E-state index is 5.74. The van der Waals surface area contributed by atoms with Gasteiger partial charge in [-0.1, -0.05) is 6.92 Å². The van der Waals surface area contributed by atoms with E-state index < -0.39 is 0 Å². The minimum Gasteiger partial charge on any atom is -0.351 e. The third kappa shape index (κ3) is 4.35. The first-order valence-electron chi connectivity index (χ1n) is 4.24. The summed E-state index contributed by atoms with van der Waals surface area (Å²) in [5.74, 6) is 0. The topological polar surface area (TPSA) is 44.5 Å². The van der Waals surface area contributed by atoms with Gasteiger partial charge in [0.1, 0.15) is 0 Å². The molecule has 3 nitrogen and oxygen atoms in total. The molecular weight excluding hydrogens is 142 g/mol. The van der Waals surface area contributed by atoms with Crippen molar-refractivity contribution in [2.45, 2.75) is 39.5 Å². The lowest BCUT2D eigenvalue weighted by Crippen LogP contribution is -2.38. The Labute approximate surface area is 68.9 Å². The van der Waals surface area contributed by atoms with Crippen LogP contribution in [0.15, 0.2) is 0 Å². The van der Waals surface area contributed by atoms with E-state index in [1.165, 1.54) is 0 Å². The van der Waals surface area contributed by atoms with Gasteiger partial charge in [-0.2, -0.15) is 0 Å². The van der Waals surface area contributed by atoms with E-state index in [0.29, 0.717) is 13.2 Å². The highest BCUT2D eigenvalue weighted by Gasteiger charge is 2.15. The molecule has 0 rings (SSSR count). The molecule has 0 heterocycles. The molecule has 3 heteroatoms. The molecule has 11 heavy (non-hydrogen) atoms. The van der Waals surface area contributed by atoms with Crippen LogP contribution in [0.1, 0.15) is 27.2 Å². The Balaban J connectivity index is 3.66. The van der Waals surface area contributed by atoms with E-state index in [0.717, 1.165) is 6.42 Å². The highest BCUT2D eigenvalue weighted by atomic mass is 16.7. The molecule has 2 N–H and O–H groups in total. The minimum absolute atomic E-state index is 0.00472. The average Bonchev–Trinajstić information content (AvgIpc) is 2.03. The zero-order chi connectivity index (χ0) is 8.69. The second kappa shape index (κ2) is 6.58. The van der Waals surface area contributed by atoms with Gasteiger partial charge in [0, 0.05) is 13.2 Å². The quantitative estimate of drug-likeness (QED) is 0.594. The predicted molar refractivity (Wildman–Crippen MR) is 45.3 cm³/mol. The molecule has 0 unspecified atom stereocenters. The van der Waals surface area contributed by atoms with E-state index >= 15 is 0 Å². The first-order valence-corrected chi connectivity index (χ1v) is 4.24. The van der Waals surface area contributed by atoms with Crippen LogP contribution in [0.25, 0.3) is 0 Å². The van der Waals surface area contributed by atoms with Crippen LogP contribution in [0.4, 0.5) is 0 Å². The highest BCUT2D eigenvalue weighted by molar-refractivity contribution is 4.62. The fourth-order valence-electron chi connectivity index (χ4n) is 0.816. The average molecular weight is 161 g/mol. The second-order valence-electron chi connectivity index (χ2n) is 2.35. The molecule has 0 radical (unpaired) electrons. The van der Waals surface area contributed by atoms with Gasteiger partial charge in [0.05, 0.1) is 6.04 Å². The van der Waals surface area contributed by atoms with Crippen molar-refractivity contribution < 1.29 is 9.47 Å². The van der Waals surface area contributed by atoms with E-state index in [-0.39, 0.29) is 12.3 Å². The van der Waals surface area contributed by atoms with Crippen LogP contribution in [-0.2, 0) is 9.47 Å². The minimum atomic E-state index is -0.227. The molecule has 0 aromatic heterocycles. The molecule has 0 aliphatic carbocycles. The SMILES string of the molecule is CCOC(OCC)[C@@H](N)CC. The van der Waals surface area contributed by atoms with E-state index in [9.17, 15) is 0 Å². The molecule has 0 aliphatic heterocycles. The number of rotatable bonds is 6. The Kier molecular flexibility index (Phi) is 6.51. The summed E-state index contributed by atoms with van der Waals surface area (Å²) in [4.78, 5) is 0. The van der Waals surface area contributed by atoms with Gasteiger partial charge < -0.3 is 15.2 Å². The summed E-state index contributed by atoms with van der Waals surface area (Å²) in [5.41, 5.74) is 5.74. The number of hydrogen-bond donors (Lipinski definition) is 1. The summed E-state index contributed by atoms with van der Waals surface area (Å²) >= 11 is 0. The molecule has 0 aliphatic rings. The van der Waals surface area contributed by atoms with Crippen molar-refractivity contribution in [1.29, 1.82) is 0 Å². The summed E-state index contributed by atoms with van der Waals surface area (Å²) in [6, 6.07) is -0.00472. The van der Waals surface area contributed by atoms with Gasteiger partial charge in [-0.05, 0) is 20.3 Å². The number of hydrogen-bond acceptors (Lipinski definition) is 3. The largest absolute Gasteiger partial charge is 0.351 e. The Bertz CT molecular complexity index is 82.2. The Morgan fingerprint density at radius 2 is 1.55 bits per heavy atom. The van der Waals surface area contributed by atoms with Crippen molar-refractivity contribution in [2.75, 3.05) is 13.2 Å². The van der Waals surface area contributed by atoms with Crippen LogP contribution in [-0.4, -0.2) is 25.5 Å². The Morgan fingerprint density at radius 3 is 1.82 bits per heavy atom. The fraction of sp³-hybridized carbons (Fsp3) is 1.00. The number of ether oxygens (including phenoxy) is 2. The first kappa shape index (κ1) is 10.9. The van der Waals surface area contributed by atoms with Gasteiger partial charge in [0.2, 0.25) is 0 Å². The van der Waals surface area contributed by atoms with E-state index in [2.05, 4.69) is 0 Å². The van der Waals surface area contributed by atoms with Crippen LogP contribution >= 0.6 is 0 Å². The third-order valence-electron chi connectivity index (χ3n) is 1.48. The zero-order valence-corrected chi connectivity index (χ0v) is 7.67. The maximum Gasteiger partial charge on any atom is 0.172 e. The Morgan fingerprint density at radius 1 is 1.09 bits per heavy atom. The number of nitrogens with two attached hydrogens (primary N) is 1. The van der Waals surface area contributed by atoms with Crippen molar-refractivity contribution in [2.24, 2.45) is 5.73 Å². The highest BCUT2D eigenvalue weighted by Crippen LogP contribution is 2.02.